The fourth-order valence-electron chi connectivity index (χ4n) is 0.800. The molecule has 0 spiro atoms. The zero-order valence-corrected chi connectivity index (χ0v) is 8.74. The highest BCUT2D eigenvalue weighted by atomic mass is 32.1. The summed E-state index contributed by atoms with van der Waals surface area (Å²) < 4.78 is 4.64. The number of carboxylic acid groups (broad SMARTS) is 1. The van der Waals surface area contributed by atoms with Gasteiger partial charge in [0.1, 0.15) is 11.0 Å². The third-order valence-corrected chi connectivity index (χ3v) is 2.21. The summed E-state index contributed by atoms with van der Waals surface area (Å²) in [5, 5.41) is 11.8. The maximum atomic E-state index is 10.9. The Bertz CT molecular complexity index is 397. The molecule has 0 aliphatic heterocycles. The van der Waals surface area contributed by atoms with Gasteiger partial charge in [0.05, 0.1) is 12.3 Å². The molecule has 1 heterocycles. The number of rotatable bonds is 4. The highest BCUT2D eigenvalue weighted by Gasteiger charge is 2.00. The van der Waals surface area contributed by atoms with Crippen molar-refractivity contribution < 1.29 is 19.4 Å². The van der Waals surface area contributed by atoms with Crippen LogP contribution in [0.3, 0.4) is 0 Å². The summed E-state index contributed by atoms with van der Waals surface area (Å²) in [6.45, 7) is 1.99. The number of ether oxygens (including phenoxy) is 1. The van der Waals surface area contributed by atoms with Gasteiger partial charge in [0.2, 0.25) is 0 Å². The quantitative estimate of drug-likeness (QED) is 0.536. The lowest BCUT2D eigenvalue weighted by molar-refractivity contribution is -0.255. The van der Waals surface area contributed by atoms with E-state index in [4.69, 9.17) is 0 Å². The normalized spacial score (nSPS) is 10.5. The van der Waals surface area contributed by atoms with Gasteiger partial charge >= 0.3 is 5.97 Å². The Hall–Kier alpha value is -1.69. The minimum atomic E-state index is -1.32. The summed E-state index contributed by atoms with van der Waals surface area (Å²) in [4.78, 5) is 25.0. The van der Waals surface area contributed by atoms with Crippen molar-refractivity contribution in [1.82, 2.24) is 4.98 Å². The lowest BCUT2D eigenvalue weighted by atomic mass is 10.4. The van der Waals surface area contributed by atoms with Crippen LogP contribution < -0.4 is 5.11 Å². The molecule has 0 N–H and O–H groups in total. The Morgan fingerprint density at radius 2 is 2.40 bits per heavy atom. The fourth-order valence-corrected chi connectivity index (χ4v) is 1.42. The number of aromatic nitrogens is 1. The van der Waals surface area contributed by atoms with Gasteiger partial charge in [-0.25, -0.2) is 9.78 Å². The first kappa shape index (κ1) is 11.4. The van der Waals surface area contributed by atoms with Gasteiger partial charge in [0.25, 0.3) is 0 Å². The highest BCUT2D eigenvalue weighted by molar-refractivity contribution is 7.11. The number of carbonyl (C=O) groups excluding carboxylic acids is 2. The SMILES string of the molecule is CCOC(=O)C=Cc1csc(C(=O)[O-])n1. The van der Waals surface area contributed by atoms with Crippen molar-refractivity contribution in [3.8, 4) is 0 Å². The van der Waals surface area contributed by atoms with Crippen LogP contribution in [0.4, 0.5) is 0 Å². The topological polar surface area (TPSA) is 79.3 Å². The number of nitrogens with zero attached hydrogens (tertiary/aromatic N) is 1. The van der Waals surface area contributed by atoms with Gasteiger partial charge in [-0.2, -0.15) is 0 Å². The fraction of sp³-hybridized carbons (Fsp3) is 0.222. The predicted molar refractivity (Wildman–Crippen MR) is 52.1 cm³/mol. The van der Waals surface area contributed by atoms with Crippen molar-refractivity contribution in [2.75, 3.05) is 6.61 Å². The van der Waals surface area contributed by atoms with E-state index in [2.05, 4.69) is 9.72 Å². The molecule has 15 heavy (non-hydrogen) atoms. The van der Waals surface area contributed by atoms with E-state index >= 15 is 0 Å². The number of hydrogen-bond donors (Lipinski definition) is 0. The van der Waals surface area contributed by atoms with Crippen LogP contribution in [-0.4, -0.2) is 23.5 Å². The van der Waals surface area contributed by atoms with Gasteiger partial charge in [-0.3, -0.25) is 0 Å². The van der Waals surface area contributed by atoms with E-state index < -0.39 is 11.9 Å². The third kappa shape index (κ3) is 3.51. The third-order valence-electron chi connectivity index (χ3n) is 1.37. The monoisotopic (exact) mass is 226 g/mol. The van der Waals surface area contributed by atoms with Gasteiger partial charge in [0.15, 0.2) is 0 Å². The molecule has 5 nitrogen and oxygen atoms in total. The zero-order chi connectivity index (χ0) is 11.3. The maximum Gasteiger partial charge on any atom is 0.330 e. The standard InChI is InChI=1S/C9H9NO4S/c1-2-14-7(11)4-3-6-5-15-8(10-6)9(12)13/h3-5H,2H2,1H3,(H,12,13)/p-1. The van der Waals surface area contributed by atoms with Gasteiger partial charge in [-0.05, 0) is 13.0 Å². The number of hydrogen-bond acceptors (Lipinski definition) is 6. The van der Waals surface area contributed by atoms with E-state index in [1.54, 1.807) is 6.92 Å². The largest absolute Gasteiger partial charge is 0.542 e. The van der Waals surface area contributed by atoms with Gasteiger partial charge in [-0.15, -0.1) is 11.3 Å². The Morgan fingerprint density at radius 1 is 1.67 bits per heavy atom. The van der Waals surface area contributed by atoms with E-state index in [-0.39, 0.29) is 5.01 Å². The Balaban J connectivity index is 2.64. The molecule has 0 radical (unpaired) electrons. The second kappa shape index (κ2) is 5.26. The van der Waals surface area contributed by atoms with Gasteiger partial charge in [0, 0.05) is 11.5 Å². The van der Waals surface area contributed by atoms with E-state index in [1.807, 2.05) is 0 Å². The van der Waals surface area contributed by atoms with Crippen LogP contribution in [0.5, 0.6) is 0 Å². The van der Waals surface area contributed by atoms with Crippen LogP contribution in [-0.2, 0) is 9.53 Å². The molecule has 0 fully saturated rings. The molecular weight excluding hydrogens is 218 g/mol. The number of carboxylic acids is 1. The number of carbonyl (C=O) groups is 2. The molecule has 0 amide bonds. The smallest absolute Gasteiger partial charge is 0.330 e. The summed E-state index contributed by atoms with van der Waals surface area (Å²) in [5.74, 6) is -1.81. The maximum absolute atomic E-state index is 10.9. The average Bonchev–Trinajstić information content (AvgIpc) is 2.63. The molecule has 0 bridgehead atoms. The lowest BCUT2D eigenvalue weighted by Crippen LogP contribution is -2.21. The molecule has 0 atom stereocenters. The molecule has 1 aromatic rings. The van der Waals surface area contributed by atoms with Crippen LogP contribution >= 0.6 is 11.3 Å². The first-order chi connectivity index (χ1) is 7.13. The van der Waals surface area contributed by atoms with Crippen LogP contribution in [0.15, 0.2) is 11.5 Å². The minimum absolute atomic E-state index is 0.112. The predicted octanol–water partition coefficient (Wildman–Crippen LogP) is 0.0829. The minimum Gasteiger partial charge on any atom is -0.542 e. The van der Waals surface area contributed by atoms with Crippen LogP contribution in [0.1, 0.15) is 22.4 Å². The van der Waals surface area contributed by atoms with Crippen molar-refractivity contribution in [2.24, 2.45) is 0 Å². The molecule has 0 aliphatic rings. The van der Waals surface area contributed by atoms with Crippen molar-refractivity contribution in [2.45, 2.75) is 6.92 Å². The summed E-state index contributed by atoms with van der Waals surface area (Å²) in [6, 6.07) is 0. The molecule has 1 rings (SSSR count). The second-order valence-electron chi connectivity index (χ2n) is 2.45. The van der Waals surface area contributed by atoms with E-state index in [0.29, 0.717) is 12.3 Å². The molecule has 0 saturated heterocycles. The summed E-state index contributed by atoms with van der Waals surface area (Å²) in [6.07, 6.45) is 2.58. The molecule has 1 aromatic heterocycles. The summed E-state index contributed by atoms with van der Waals surface area (Å²) >= 11 is 0.946. The number of aromatic carboxylic acids is 1. The molecule has 80 valence electrons. The molecule has 0 unspecified atom stereocenters. The van der Waals surface area contributed by atoms with E-state index in [1.165, 1.54) is 17.5 Å². The Kier molecular flexibility index (Phi) is 3.99. The van der Waals surface area contributed by atoms with Crippen LogP contribution in [0, 0.1) is 0 Å². The van der Waals surface area contributed by atoms with Crippen molar-refractivity contribution >= 4 is 29.4 Å². The first-order valence-electron chi connectivity index (χ1n) is 4.15. The molecule has 0 aromatic carbocycles. The first-order valence-corrected chi connectivity index (χ1v) is 5.03. The van der Waals surface area contributed by atoms with Gasteiger partial charge < -0.3 is 14.6 Å². The van der Waals surface area contributed by atoms with Crippen molar-refractivity contribution in [3.63, 3.8) is 0 Å². The average molecular weight is 226 g/mol. The molecule has 0 saturated carbocycles. The van der Waals surface area contributed by atoms with Crippen LogP contribution in [0.25, 0.3) is 6.08 Å². The molecule has 0 aliphatic carbocycles. The van der Waals surface area contributed by atoms with Crippen LogP contribution in [0.2, 0.25) is 0 Å². The number of thiazole rings is 1. The zero-order valence-electron chi connectivity index (χ0n) is 7.93. The van der Waals surface area contributed by atoms with E-state index in [9.17, 15) is 14.7 Å². The highest BCUT2D eigenvalue weighted by Crippen LogP contribution is 2.09. The van der Waals surface area contributed by atoms with E-state index in [0.717, 1.165) is 11.3 Å². The summed E-state index contributed by atoms with van der Waals surface area (Å²) in [7, 11) is 0. The molecular formula is C9H8NO4S-. The molecule has 6 heteroatoms. The Labute approximate surface area is 90.0 Å². The van der Waals surface area contributed by atoms with Crippen molar-refractivity contribution in [3.05, 3.63) is 22.2 Å². The summed E-state index contributed by atoms with van der Waals surface area (Å²) in [5.41, 5.74) is 0.396. The number of esters is 1. The van der Waals surface area contributed by atoms with Gasteiger partial charge in [-0.1, -0.05) is 0 Å². The lowest BCUT2D eigenvalue weighted by Gasteiger charge is -1.93. The Morgan fingerprint density at radius 3 is 2.93 bits per heavy atom. The van der Waals surface area contributed by atoms with Crippen molar-refractivity contribution in [1.29, 1.82) is 0 Å². The second-order valence-corrected chi connectivity index (χ2v) is 3.31.